The third-order valence-electron chi connectivity index (χ3n) is 2.51. The molecule has 0 N–H and O–H groups in total. The lowest BCUT2D eigenvalue weighted by atomic mass is 10.2. The number of hydrogen-bond donors (Lipinski definition) is 0. The first-order valence-electron chi connectivity index (χ1n) is 5.42. The highest BCUT2D eigenvalue weighted by molar-refractivity contribution is 6.30. The van der Waals surface area contributed by atoms with Crippen molar-refractivity contribution >= 4 is 17.9 Å². The topological polar surface area (TPSA) is 26.3 Å². The van der Waals surface area contributed by atoms with Crippen molar-refractivity contribution in [3.05, 3.63) is 64.2 Å². The predicted molar refractivity (Wildman–Crippen MR) is 67.5 cm³/mol. The summed E-state index contributed by atoms with van der Waals surface area (Å²) in [5, 5.41) is 0.395. The maximum Gasteiger partial charge on any atom is 0.165 e. The second kappa shape index (κ2) is 5.80. The van der Waals surface area contributed by atoms with Crippen LogP contribution in [0, 0.1) is 11.6 Å². The van der Waals surface area contributed by atoms with Crippen LogP contribution in [0.2, 0.25) is 5.02 Å². The number of halogens is 3. The van der Waals surface area contributed by atoms with E-state index in [1.54, 1.807) is 6.07 Å². The molecule has 19 heavy (non-hydrogen) atoms. The number of ether oxygens (including phenoxy) is 1. The fourth-order valence-corrected chi connectivity index (χ4v) is 1.74. The third kappa shape index (κ3) is 3.09. The van der Waals surface area contributed by atoms with Gasteiger partial charge < -0.3 is 4.74 Å². The number of hydrogen-bond acceptors (Lipinski definition) is 2. The van der Waals surface area contributed by atoms with Gasteiger partial charge in [-0.15, -0.1) is 0 Å². The molecule has 98 valence electrons. The molecule has 0 spiro atoms. The Hall–Kier alpha value is -1.94. The van der Waals surface area contributed by atoms with Crippen LogP contribution >= 0.6 is 11.6 Å². The largest absolute Gasteiger partial charge is 0.488 e. The van der Waals surface area contributed by atoms with E-state index in [2.05, 4.69) is 0 Å². The SMILES string of the molecule is O=Cc1cc(Cl)ccc1OCc1cccc(F)c1F. The highest BCUT2D eigenvalue weighted by Gasteiger charge is 2.09. The lowest BCUT2D eigenvalue weighted by molar-refractivity contribution is 0.111. The normalized spacial score (nSPS) is 10.3. The molecule has 2 nitrogen and oxygen atoms in total. The van der Waals surface area contributed by atoms with Crippen molar-refractivity contribution in [2.45, 2.75) is 6.61 Å². The van der Waals surface area contributed by atoms with Gasteiger partial charge in [-0.3, -0.25) is 4.79 Å². The molecule has 0 aromatic heterocycles. The number of benzene rings is 2. The number of carbonyl (C=O) groups excluding carboxylic acids is 1. The van der Waals surface area contributed by atoms with Crippen LogP contribution in [0.25, 0.3) is 0 Å². The smallest absolute Gasteiger partial charge is 0.165 e. The minimum absolute atomic E-state index is 0.0757. The molecule has 0 bridgehead atoms. The van der Waals surface area contributed by atoms with Gasteiger partial charge in [0.1, 0.15) is 12.4 Å². The Morgan fingerprint density at radius 2 is 2.00 bits per heavy atom. The second-order valence-corrected chi connectivity index (χ2v) is 4.24. The molecule has 0 fully saturated rings. The first-order valence-corrected chi connectivity index (χ1v) is 5.80. The van der Waals surface area contributed by atoms with E-state index in [0.717, 1.165) is 6.07 Å². The van der Waals surface area contributed by atoms with E-state index in [-0.39, 0.29) is 23.5 Å². The molecule has 0 aliphatic rings. The van der Waals surface area contributed by atoms with Crippen molar-refractivity contribution in [3.63, 3.8) is 0 Å². The Kier molecular flexibility index (Phi) is 4.12. The highest BCUT2D eigenvalue weighted by Crippen LogP contribution is 2.23. The molecule has 0 amide bonds. The van der Waals surface area contributed by atoms with Crippen molar-refractivity contribution in [1.82, 2.24) is 0 Å². The Labute approximate surface area is 113 Å². The third-order valence-corrected chi connectivity index (χ3v) is 2.75. The van der Waals surface area contributed by atoms with Gasteiger partial charge >= 0.3 is 0 Å². The van der Waals surface area contributed by atoms with Crippen molar-refractivity contribution < 1.29 is 18.3 Å². The number of aldehydes is 1. The van der Waals surface area contributed by atoms with Crippen LogP contribution in [0.15, 0.2) is 36.4 Å². The number of carbonyl (C=O) groups is 1. The van der Waals surface area contributed by atoms with Crippen LogP contribution in [0.5, 0.6) is 5.75 Å². The standard InChI is InChI=1S/C14H9ClF2O2/c15-11-4-5-13(10(6-11)7-18)19-8-9-2-1-3-12(16)14(9)17/h1-7H,8H2. The summed E-state index contributed by atoms with van der Waals surface area (Å²) >= 11 is 5.73. The van der Waals surface area contributed by atoms with Crippen LogP contribution in [-0.4, -0.2) is 6.29 Å². The van der Waals surface area contributed by atoms with Gasteiger partial charge in [0.2, 0.25) is 0 Å². The molecule has 0 unspecified atom stereocenters. The van der Waals surface area contributed by atoms with Gasteiger partial charge in [-0.05, 0) is 24.3 Å². The minimum Gasteiger partial charge on any atom is -0.488 e. The Morgan fingerprint density at radius 1 is 1.21 bits per heavy atom. The molecule has 0 radical (unpaired) electrons. The molecule has 0 heterocycles. The highest BCUT2D eigenvalue weighted by atomic mass is 35.5. The Balaban J connectivity index is 2.19. The molecule has 0 saturated heterocycles. The lowest BCUT2D eigenvalue weighted by Crippen LogP contribution is -2.02. The van der Waals surface area contributed by atoms with Crippen molar-refractivity contribution in [2.24, 2.45) is 0 Å². The van der Waals surface area contributed by atoms with E-state index in [1.165, 1.54) is 24.3 Å². The first kappa shape index (κ1) is 13.5. The molecule has 2 rings (SSSR count). The van der Waals surface area contributed by atoms with Gasteiger partial charge in [-0.2, -0.15) is 0 Å². The summed E-state index contributed by atoms with van der Waals surface area (Å²) in [7, 11) is 0. The molecular formula is C14H9ClF2O2. The van der Waals surface area contributed by atoms with Gasteiger partial charge in [-0.1, -0.05) is 23.7 Å². The quantitative estimate of drug-likeness (QED) is 0.792. The van der Waals surface area contributed by atoms with Crippen molar-refractivity contribution in [2.75, 3.05) is 0 Å². The summed E-state index contributed by atoms with van der Waals surface area (Å²) in [5.41, 5.74) is 0.330. The average Bonchev–Trinajstić information content (AvgIpc) is 2.41. The fourth-order valence-electron chi connectivity index (χ4n) is 1.56. The van der Waals surface area contributed by atoms with E-state index in [9.17, 15) is 13.6 Å². The van der Waals surface area contributed by atoms with Gasteiger partial charge in [0.05, 0.1) is 5.56 Å². The van der Waals surface area contributed by atoms with Crippen molar-refractivity contribution in [3.8, 4) is 5.75 Å². The van der Waals surface area contributed by atoms with E-state index in [1.807, 2.05) is 0 Å². The van der Waals surface area contributed by atoms with Crippen LogP contribution in [0.1, 0.15) is 15.9 Å². The molecule has 0 aliphatic heterocycles. The first-order chi connectivity index (χ1) is 9.11. The van der Waals surface area contributed by atoms with E-state index >= 15 is 0 Å². The molecule has 0 aliphatic carbocycles. The van der Waals surface area contributed by atoms with E-state index < -0.39 is 11.6 Å². The summed E-state index contributed by atoms with van der Waals surface area (Å²) in [4.78, 5) is 10.8. The van der Waals surface area contributed by atoms with Gasteiger partial charge in [-0.25, -0.2) is 8.78 Å². The Morgan fingerprint density at radius 3 is 2.74 bits per heavy atom. The summed E-state index contributed by atoms with van der Waals surface area (Å²) in [6.45, 7) is -0.175. The molecule has 2 aromatic carbocycles. The van der Waals surface area contributed by atoms with Gasteiger partial charge in [0.25, 0.3) is 0 Å². The molecule has 5 heteroatoms. The zero-order chi connectivity index (χ0) is 13.8. The minimum atomic E-state index is -0.955. The zero-order valence-corrected chi connectivity index (χ0v) is 10.5. The summed E-state index contributed by atoms with van der Waals surface area (Å²) < 4.78 is 31.7. The maximum atomic E-state index is 13.4. The summed E-state index contributed by atoms with van der Waals surface area (Å²) in [6, 6.07) is 8.31. The van der Waals surface area contributed by atoms with Crippen LogP contribution in [0.4, 0.5) is 8.78 Å². The fraction of sp³-hybridized carbons (Fsp3) is 0.0714. The molecule has 2 aromatic rings. The number of rotatable bonds is 4. The maximum absolute atomic E-state index is 13.4. The zero-order valence-electron chi connectivity index (χ0n) is 9.70. The van der Waals surface area contributed by atoms with Gasteiger partial charge in [0, 0.05) is 10.6 Å². The monoisotopic (exact) mass is 282 g/mol. The second-order valence-electron chi connectivity index (χ2n) is 3.80. The summed E-state index contributed by atoms with van der Waals surface area (Å²) in [6.07, 6.45) is 0.586. The van der Waals surface area contributed by atoms with Crippen LogP contribution in [0.3, 0.4) is 0 Å². The molecular weight excluding hydrogens is 274 g/mol. The predicted octanol–water partition coefficient (Wildman–Crippen LogP) is 4.01. The molecule has 0 saturated carbocycles. The van der Waals surface area contributed by atoms with Gasteiger partial charge in [0.15, 0.2) is 17.9 Å². The average molecular weight is 283 g/mol. The Bertz CT molecular complexity index is 614. The van der Waals surface area contributed by atoms with E-state index in [4.69, 9.17) is 16.3 Å². The van der Waals surface area contributed by atoms with E-state index in [0.29, 0.717) is 11.3 Å². The van der Waals surface area contributed by atoms with Crippen LogP contribution < -0.4 is 4.74 Å². The summed E-state index contributed by atoms with van der Waals surface area (Å²) in [5.74, 6) is -1.63. The van der Waals surface area contributed by atoms with Crippen LogP contribution in [-0.2, 0) is 6.61 Å². The molecule has 0 atom stereocenters. The lowest BCUT2D eigenvalue weighted by Gasteiger charge is -2.09. The van der Waals surface area contributed by atoms with Crippen molar-refractivity contribution in [1.29, 1.82) is 0 Å².